The third-order valence-electron chi connectivity index (χ3n) is 3.39. The maximum Gasteiger partial charge on any atom is 0.317 e. The summed E-state index contributed by atoms with van der Waals surface area (Å²) in [4.78, 5) is 18.1. The maximum atomic E-state index is 12.2. The molecule has 0 aliphatic rings. The Bertz CT molecular complexity index is 590. The van der Waals surface area contributed by atoms with Gasteiger partial charge in [-0.25, -0.2) is 4.79 Å². The Morgan fingerprint density at radius 1 is 1.43 bits per heavy atom. The summed E-state index contributed by atoms with van der Waals surface area (Å²) in [5.41, 5.74) is 2.58. The fourth-order valence-corrected chi connectivity index (χ4v) is 2.04. The predicted octanol–water partition coefficient (Wildman–Crippen LogP) is 2.59. The van der Waals surface area contributed by atoms with Gasteiger partial charge in [-0.2, -0.15) is 0 Å². The molecule has 0 aliphatic carbocycles. The fraction of sp³-hybridized carbons (Fsp3) is 0.400. The molecule has 1 atom stereocenters. The van der Waals surface area contributed by atoms with Crippen molar-refractivity contribution in [3.63, 3.8) is 0 Å². The number of rotatable bonds is 4. The van der Waals surface area contributed by atoms with Crippen LogP contribution in [0.3, 0.4) is 0 Å². The number of carbonyl (C=O) groups excluding carboxylic acids is 1. The van der Waals surface area contributed by atoms with Gasteiger partial charge in [-0.3, -0.25) is 4.98 Å². The predicted molar refractivity (Wildman–Crippen MR) is 78.6 cm³/mol. The largest absolute Gasteiger partial charge is 0.361 e. The van der Waals surface area contributed by atoms with Crippen LogP contribution in [0.1, 0.15) is 35.7 Å². The van der Waals surface area contributed by atoms with Crippen molar-refractivity contribution in [1.82, 2.24) is 20.4 Å². The SMILES string of the molecule is Cc1noc(C)c1CN(C)C(=O)N[C@H](C)c1ccccn1. The topological polar surface area (TPSA) is 71.3 Å². The van der Waals surface area contributed by atoms with Crippen LogP contribution in [0.15, 0.2) is 28.9 Å². The van der Waals surface area contributed by atoms with Gasteiger partial charge >= 0.3 is 6.03 Å². The number of hydrogen-bond donors (Lipinski definition) is 1. The van der Waals surface area contributed by atoms with Gasteiger partial charge in [-0.1, -0.05) is 11.2 Å². The molecule has 2 aromatic heterocycles. The number of nitrogens with zero attached hydrogens (tertiary/aromatic N) is 3. The molecule has 6 nitrogen and oxygen atoms in total. The van der Waals surface area contributed by atoms with E-state index in [0.29, 0.717) is 6.54 Å². The molecular weight excluding hydrogens is 268 g/mol. The Kier molecular flexibility index (Phi) is 4.57. The summed E-state index contributed by atoms with van der Waals surface area (Å²) in [5.74, 6) is 0.741. The van der Waals surface area contributed by atoms with Crippen LogP contribution in [-0.4, -0.2) is 28.1 Å². The van der Waals surface area contributed by atoms with Gasteiger partial charge in [0.15, 0.2) is 0 Å². The second kappa shape index (κ2) is 6.39. The van der Waals surface area contributed by atoms with E-state index in [1.165, 1.54) is 0 Å². The second-order valence-corrected chi connectivity index (χ2v) is 5.08. The van der Waals surface area contributed by atoms with Crippen LogP contribution in [0.2, 0.25) is 0 Å². The van der Waals surface area contributed by atoms with Crippen molar-refractivity contribution in [3.05, 3.63) is 47.1 Å². The van der Waals surface area contributed by atoms with E-state index in [4.69, 9.17) is 4.52 Å². The van der Waals surface area contributed by atoms with Crippen molar-refractivity contribution in [2.24, 2.45) is 0 Å². The summed E-state index contributed by atoms with van der Waals surface area (Å²) in [6.07, 6.45) is 1.71. The first-order valence-corrected chi connectivity index (χ1v) is 6.83. The second-order valence-electron chi connectivity index (χ2n) is 5.08. The molecule has 2 heterocycles. The molecule has 0 radical (unpaired) electrons. The zero-order valence-corrected chi connectivity index (χ0v) is 12.8. The molecular formula is C15H20N4O2. The molecule has 0 aromatic carbocycles. The molecule has 0 spiro atoms. The van der Waals surface area contributed by atoms with Crippen molar-refractivity contribution in [2.45, 2.75) is 33.4 Å². The monoisotopic (exact) mass is 288 g/mol. The summed E-state index contributed by atoms with van der Waals surface area (Å²) in [7, 11) is 1.74. The van der Waals surface area contributed by atoms with Crippen molar-refractivity contribution >= 4 is 6.03 Å². The lowest BCUT2D eigenvalue weighted by atomic mass is 10.2. The molecule has 2 rings (SSSR count). The van der Waals surface area contributed by atoms with Crippen LogP contribution in [-0.2, 0) is 6.54 Å². The van der Waals surface area contributed by atoms with Gasteiger partial charge in [0.2, 0.25) is 0 Å². The third-order valence-corrected chi connectivity index (χ3v) is 3.39. The van der Waals surface area contributed by atoms with E-state index < -0.39 is 0 Å². The molecule has 112 valence electrons. The summed E-state index contributed by atoms with van der Waals surface area (Å²) < 4.78 is 5.11. The standard InChI is InChI=1S/C15H20N4O2/c1-10-13(12(3)21-18-10)9-19(4)15(20)17-11(2)14-7-5-6-8-16-14/h5-8,11H,9H2,1-4H3,(H,17,20)/t11-/m1/s1. The fourth-order valence-electron chi connectivity index (χ4n) is 2.04. The molecule has 6 heteroatoms. The highest BCUT2D eigenvalue weighted by atomic mass is 16.5. The van der Waals surface area contributed by atoms with E-state index in [-0.39, 0.29) is 12.1 Å². The molecule has 0 bridgehead atoms. The van der Waals surface area contributed by atoms with Crippen LogP contribution in [0.25, 0.3) is 0 Å². The average Bonchev–Trinajstić information content (AvgIpc) is 2.79. The van der Waals surface area contributed by atoms with E-state index in [0.717, 1.165) is 22.7 Å². The molecule has 2 amide bonds. The van der Waals surface area contributed by atoms with Crippen molar-refractivity contribution in [2.75, 3.05) is 7.05 Å². The highest BCUT2D eigenvalue weighted by molar-refractivity contribution is 5.74. The molecule has 2 aromatic rings. The lowest BCUT2D eigenvalue weighted by Gasteiger charge is -2.21. The zero-order chi connectivity index (χ0) is 15.4. The molecule has 0 aliphatic heterocycles. The number of hydrogen-bond acceptors (Lipinski definition) is 4. The van der Waals surface area contributed by atoms with Gasteiger partial charge in [-0.15, -0.1) is 0 Å². The van der Waals surface area contributed by atoms with Crippen LogP contribution < -0.4 is 5.32 Å². The number of aryl methyl sites for hydroxylation is 2. The highest BCUT2D eigenvalue weighted by Gasteiger charge is 2.17. The normalized spacial score (nSPS) is 12.0. The number of amides is 2. The average molecular weight is 288 g/mol. The smallest absolute Gasteiger partial charge is 0.317 e. The summed E-state index contributed by atoms with van der Waals surface area (Å²) in [6.45, 7) is 6.08. The number of aromatic nitrogens is 2. The van der Waals surface area contributed by atoms with Crippen molar-refractivity contribution in [1.29, 1.82) is 0 Å². The maximum absolute atomic E-state index is 12.2. The van der Waals surface area contributed by atoms with Gasteiger partial charge in [-0.05, 0) is 32.9 Å². The summed E-state index contributed by atoms with van der Waals surface area (Å²) in [6, 6.07) is 5.33. The Balaban J connectivity index is 1.97. The minimum Gasteiger partial charge on any atom is -0.361 e. The Morgan fingerprint density at radius 3 is 2.76 bits per heavy atom. The molecule has 1 N–H and O–H groups in total. The molecule has 0 saturated carbocycles. The first kappa shape index (κ1) is 15.0. The molecule has 0 fully saturated rings. The highest BCUT2D eigenvalue weighted by Crippen LogP contribution is 2.15. The Labute approximate surface area is 124 Å². The van der Waals surface area contributed by atoms with E-state index in [2.05, 4.69) is 15.5 Å². The van der Waals surface area contributed by atoms with Gasteiger partial charge in [0.25, 0.3) is 0 Å². The summed E-state index contributed by atoms with van der Waals surface area (Å²) >= 11 is 0. The number of urea groups is 1. The van der Waals surface area contributed by atoms with Crippen LogP contribution in [0, 0.1) is 13.8 Å². The lowest BCUT2D eigenvalue weighted by molar-refractivity contribution is 0.203. The minimum atomic E-state index is -0.159. The minimum absolute atomic E-state index is 0.147. The number of nitrogens with one attached hydrogen (secondary N) is 1. The quantitative estimate of drug-likeness (QED) is 0.938. The molecule has 0 unspecified atom stereocenters. The number of carbonyl (C=O) groups is 1. The van der Waals surface area contributed by atoms with Gasteiger partial charge < -0.3 is 14.7 Å². The van der Waals surface area contributed by atoms with E-state index >= 15 is 0 Å². The third kappa shape index (κ3) is 3.59. The Morgan fingerprint density at radius 2 is 2.19 bits per heavy atom. The van der Waals surface area contributed by atoms with E-state index in [1.807, 2.05) is 39.0 Å². The molecule has 0 saturated heterocycles. The van der Waals surface area contributed by atoms with Crippen molar-refractivity contribution < 1.29 is 9.32 Å². The van der Waals surface area contributed by atoms with Crippen LogP contribution in [0.4, 0.5) is 4.79 Å². The molecule has 21 heavy (non-hydrogen) atoms. The van der Waals surface area contributed by atoms with Crippen LogP contribution in [0.5, 0.6) is 0 Å². The zero-order valence-electron chi connectivity index (χ0n) is 12.8. The van der Waals surface area contributed by atoms with E-state index in [9.17, 15) is 4.79 Å². The van der Waals surface area contributed by atoms with Crippen molar-refractivity contribution in [3.8, 4) is 0 Å². The van der Waals surface area contributed by atoms with Gasteiger partial charge in [0.05, 0.1) is 24.0 Å². The lowest BCUT2D eigenvalue weighted by Crippen LogP contribution is -2.38. The van der Waals surface area contributed by atoms with E-state index in [1.54, 1.807) is 18.1 Å². The number of pyridine rings is 1. The first-order chi connectivity index (χ1) is 9.99. The Hall–Kier alpha value is -2.37. The van der Waals surface area contributed by atoms with Crippen LogP contribution >= 0.6 is 0 Å². The summed E-state index contributed by atoms with van der Waals surface area (Å²) in [5, 5.41) is 6.81. The first-order valence-electron chi connectivity index (χ1n) is 6.83. The van der Waals surface area contributed by atoms with Gasteiger partial charge in [0.1, 0.15) is 5.76 Å². The van der Waals surface area contributed by atoms with Gasteiger partial charge in [0, 0.05) is 18.8 Å².